The summed E-state index contributed by atoms with van der Waals surface area (Å²) < 4.78 is 1.77. The summed E-state index contributed by atoms with van der Waals surface area (Å²) in [5.41, 5.74) is 1.37. The Balaban J connectivity index is 2.04. The van der Waals surface area contributed by atoms with Crippen LogP contribution >= 0.6 is 35.4 Å². The van der Waals surface area contributed by atoms with Crippen LogP contribution in [-0.2, 0) is 0 Å². The topological polar surface area (TPSA) is 66.2 Å². The smallest absolute Gasteiger partial charge is 0.216 e. The van der Waals surface area contributed by atoms with Crippen LogP contribution in [0.3, 0.4) is 0 Å². The van der Waals surface area contributed by atoms with Crippen LogP contribution in [-0.4, -0.2) is 26.2 Å². The predicted molar refractivity (Wildman–Crippen MR) is 94.0 cm³/mol. The molecule has 0 saturated carbocycles. The maximum absolute atomic E-state index is 9.48. The Morgan fingerprint density at radius 1 is 1.22 bits per heavy atom. The minimum atomic E-state index is 0.158. The van der Waals surface area contributed by atoms with E-state index < -0.39 is 0 Å². The lowest BCUT2D eigenvalue weighted by molar-refractivity contribution is 0.475. The van der Waals surface area contributed by atoms with E-state index in [1.807, 2.05) is 6.07 Å². The maximum atomic E-state index is 9.48. The van der Waals surface area contributed by atoms with Gasteiger partial charge in [-0.2, -0.15) is 14.9 Å². The number of phenolic OH excluding ortho intramolecular Hbond substituents is 1. The van der Waals surface area contributed by atoms with Gasteiger partial charge in [-0.3, -0.25) is 0 Å². The van der Waals surface area contributed by atoms with Gasteiger partial charge in [0.2, 0.25) is 4.77 Å². The molecule has 1 heterocycles. The molecule has 116 valence electrons. The second-order valence-corrected chi connectivity index (χ2v) is 5.86. The highest BCUT2D eigenvalue weighted by Crippen LogP contribution is 2.29. The van der Waals surface area contributed by atoms with Gasteiger partial charge < -0.3 is 5.11 Å². The Kier molecular flexibility index (Phi) is 4.47. The van der Waals surface area contributed by atoms with E-state index in [9.17, 15) is 5.11 Å². The van der Waals surface area contributed by atoms with Gasteiger partial charge in [0.1, 0.15) is 5.75 Å². The quantitative estimate of drug-likeness (QED) is 0.530. The van der Waals surface area contributed by atoms with Crippen molar-refractivity contribution in [3.8, 4) is 17.1 Å². The number of hydrogen-bond donors (Lipinski definition) is 2. The summed E-state index contributed by atoms with van der Waals surface area (Å²) in [5, 5.41) is 21.6. The van der Waals surface area contributed by atoms with Crippen LogP contribution in [0, 0.1) is 4.77 Å². The van der Waals surface area contributed by atoms with E-state index in [4.69, 9.17) is 35.4 Å². The average Bonchev–Trinajstić information content (AvgIpc) is 2.86. The molecule has 0 fully saturated rings. The summed E-state index contributed by atoms with van der Waals surface area (Å²) in [4.78, 5) is 0. The zero-order valence-corrected chi connectivity index (χ0v) is 13.9. The summed E-state index contributed by atoms with van der Waals surface area (Å²) in [6, 6.07) is 11.8. The normalized spacial score (nSPS) is 11.2. The summed E-state index contributed by atoms with van der Waals surface area (Å²) in [5.74, 6) is 0.624. The molecule has 5 nitrogen and oxygen atoms in total. The molecule has 1 aromatic heterocycles. The molecule has 0 unspecified atom stereocenters. The van der Waals surface area contributed by atoms with E-state index in [1.54, 1.807) is 42.6 Å². The number of benzene rings is 2. The number of aromatic amines is 1. The lowest BCUT2D eigenvalue weighted by Crippen LogP contribution is -1.95. The van der Waals surface area contributed by atoms with E-state index in [2.05, 4.69) is 15.3 Å². The molecular weight excluding hydrogens is 355 g/mol. The molecule has 0 aliphatic heterocycles. The Morgan fingerprint density at radius 3 is 2.78 bits per heavy atom. The van der Waals surface area contributed by atoms with Gasteiger partial charge in [-0.1, -0.05) is 35.3 Å². The molecule has 3 rings (SSSR count). The summed E-state index contributed by atoms with van der Waals surface area (Å²) in [6.07, 6.45) is 1.57. The molecule has 3 aromatic rings. The first-order valence-electron chi connectivity index (χ1n) is 6.51. The first-order valence-corrected chi connectivity index (χ1v) is 7.67. The molecule has 0 spiro atoms. The van der Waals surface area contributed by atoms with Crippen LogP contribution in [0.25, 0.3) is 11.4 Å². The second-order valence-electron chi connectivity index (χ2n) is 4.63. The molecule has 0 aliphatic rings. The van der Waals surface area contributed by atoms with Crippen molar-refractivity contribution in [2.75, 3.05) is 0 Å². The first kappa shape index (κ1) is 15.7. The van der Waals surface area contributed by atoms with Gasteiger partial charge in [0, 0.05) is 10.6 Å². The third-order valence-electron chi connectivity index (χ3n) is 3.01. The Hall–Kier alpha value is -2.15. The average molecular weight is 365 g/mol. The monoisotopic (exact) mass is 364 g/mol. The zero-order chi connectivity index (χ0) is 16.4. The number of aromatic nitrogens is 3. The number of nitrogens with zero attached hydrogens (tertiary/aromatic N) is 3. The summed E-state index contributed by atoms with van der Waals surface area (Å²) >= 11 is 17.3. The third-order valence-corrected chi connectivity index (χ3v) is 3.83. The lowest BCUT2D eigenvalue weighted by atomic mass is 10.2. The third kappa shape index (κ3) is 3.44. The van der Waals surface area contributed by atoms with Crippen molar-refractivity contribution in [1.82, 2.24) is 14.9 Å². The molecule has 0 amide bonds. The van der Waals surface area contributed by atoms with Crippen LogP contribution < -0.4 is 0 Å². The van der Waals surface area contributed by atoms with Gasteiger partial charge in [0.15, 0.2) is 5.82 Å². The van der Waals surface area contributed by atoms with Crippen molar-refractivity contribution in [3.05, 3.63) is 62.8 Å². The van der Waals surface area contributed by atoms with Crippen LogP contribution in [0.15, 0.2) is 47.6 Å². The van der Waals surface area contributed by atoms with Gasteiger partial charge in [0.05, 0.1) is 11.2 Å². The van der Waals surface area contributed by atoms with Crippen molar-refractivity contribution >= 4 is 41.6 Å². The lowest BCUT2D eigenvalue weighted by Gasteiger charge is -2.04. The minimum absolute atomic E-state index is 0.158. The standard InChI is InChI=1S/C15H10Cl2N4OS/c16-10-4-5-12(13(17)7-10)14-19-20-15(23)21(14)18-8-9-2-1-3-11(22)6-9/h1-8,22H,(H,20,23). The highest BCUT2D eigenvalue weighted by molar-refractivity contribution is 7.71. The maximum Gasteiger partial charge on any atom is 0.216 e. The highest BCUT2D eigenvalue weighted by Gasteiger charge is 2.12. The fourth-order valence-electron chi connectivity index (χ4n) is 1.97. The first-order chi connectivity index (χ1) is 11.0. The van der Waals surface area contributed by atoms with Crippen LogP contribution in [0.2, 0.25) is 10.0 Å². The minimum Gasteiger partial charge on any atom is -0.508 e. The van der Waals surface area contributed by atoms with Gasteiger partial charge in [-0.15, -0.1) is 0 Å². The van der Waals surface area contributed by atoms with Crippen molar-refractivity contribution < 1.29 is 5.11 Å². The molecule has 0 atom stereocenters. The number of rotatable bonds is 3. The van der Waals surface area contributed by atoms with Crippen LogP contribution in [0.4, 0.5) is 0 Å². The molecule has 0 bridgehead atoms. The molecule has 2 aromatic carbocycles. The fraction of sp³-hybridized carbons (Fsp3) is 0. The van der Waals surface area contributed by atoms with E-state index in [0.717, 1.165) is 5.56 Å². The molecule has 0 saturated heterocycles. The number of phenols is 1. The van der Waals surface area contributed by atoms with E-state index in [-0.39, 0.29) is 5.75 Å². The van der Waals surface area contributed by atoms with Gasteiger partial charge in [-0.05, 0) is 48.1 Å². The summed E-state index contributed by atoms with van der Waals surface area (Å²) in [6.45, 7) is 0. The van der Waals surface area contributed by atoms with Gasteiger partial charge >= 0.3 is 0 Å². The molecule has 8 heteroatoms. The SMILES string of the molecule is Oc1cccc(C=Nn2c(-c3ccc(Cl)cc3Cl)n[nH]c2=S)c1. The van der Waals surface area contributed by atoms with Crippen molar-refractivity contribution in [1.29, 1.82) is 0 Å². The van der Waals surface area contributed by atoms with Crippen molar-refractivity contribution in [3.63, 3.8) is 0 Å². The van der Waals surface area contributed by atoms with E-state index in [0.29, 0.717) is 26.2 Å². The van der Waals surface area contributed by atoms with Gasteiger partial charge in [-0.25, -0.2) is 5.10 Å². The molecular formula is C15H10Cl2N4OS. The molecule has 0 radical (unpaired) electrons. The highest BCUT2D eigenvalue weighted by atomic mass is 35.5. The predicted octanol–water partition coefficient (Wildman–Crippen LogP) is 4.50. The number of aromatic hydroxyl groups is 1. The molecule has 0 aliphatic carbocycles. The number of H-pyrrole nitrogens is 1. The van der Waals surface area contributed by atoms with Gasteiger partial charge in [0.25, 0.3) is 0 Å². The van der Waals surface area contributed by atoms with E-state index >= 15 is 0 Å². The number of hydrogen-bond acceptors (Lipinski definition) is 4. The zero-order valence-electron chi connectivity index (χ0n) is 11.6. The van der Waals surface area contributed by atoms with Crippen LogP contribution in [0.1, 0.15) is 5.56 Å². The Morgan fingerprint density at radius 2 is 2.04 bits per heavy atom. The largest absolute Gasteiger partial charge is 0.508 e. The Labute approximate surface area is 146 Å². The Bertz CT molecular complexity index is 949. The molecule has 23 heavy (non-hydrogen) atoms. The van der Waals surface area contributed by atoms with E-state index in [1.165, 1.54) is 4.68 Å². The van der Waals surface area contributed by atoms with Crippen molar-refractivity contribution in [2.45, 2.75) is 0 Å². The van der Waals surface area contributed by atoms with Crippen LogP contribution in [0.5, 0.6) is 5.75 Å². The second kappa shape index (κ2) is 6.54. The summed E-state index contributed by atoms with van der Waals surface area (Å²) in [7, 11) is 0. The number of halogens is 2. The number of nitrogens with one attached hydrogen (secondary N) is 1. The fourth-order valence-corrected chi connectivity index (χ4v) is 2.65. The molecule has 2 N–H and O–H groups in total. The van der Waals surface area contributed by atoms with Crippen molar-refractivity contribution in [2.24, 2.45) is 5.10 Å².